The summed E-state index contributed by atoms with van der Waals surface area (Å²) in [6.07, 6.45) is 1.08. The lowest BCUT2D eigenvalue weighted by atomic mass is 10.2. The van der Waals surface area contributed by atoms with Crippen LogP contribution in [0.25, 0.3) is 0 Å². The molecule has 2 rings (SSSR count). The van der Waals surface area contributed by atoms with E-state index in [0.29, 0.717) is 11.3 Å². The van der Waals surface area contributed by atoms with Crippen molar-refractivity contribution in [3.8, 4) is 0 Å². The molecule has 8 nitrogen and oxygen atoms in total. The number of hydrogen-bond donors (Lipinski definition) is 1. The third-order valence-electron chi connectivity index (χ3n) is 2.47. The minimum atomic E-state index is -0.759. The van der Waals surface area contributed by atoms with Gasteiger partial charge in [0.15, 0.2) is 0 Å². The Bertz CT molecular complexity index is 670. The first-order valence-corrected chi connectivity index (χ1v) is 5.55. The molecule has 0 radical (unpaired) electrons. The van der Waals surface area contributed by atoms with E-state index in [0.717, 1.165) is 11.0 Å². The van der Waals surface area contributed by atoms with Gasteiger partial charge in [0.25, 0.3) is 0 Å². The Morgan fingerprint density at radius 3 is 2.95 bits per heavy atom. The smallest absolute Gasteiger partial charge is 0.390 e. The molecule has 104 valence electrons. The van der Waals surface area contributed by atoms with E-state index in [2.05, 4.69) is 15.4 Å². The summed E-state index contributed by atoms with van der Waals surface area (Å²) < 4.78 is 14.1. The van der Waals surface area contributed by atoms with E-state index in [1.807, 2.05) is 0 Å². The Hall–Kier alpha value is -2.84. The number of hydrogen-bond acceptors (Lipinski definition) is 5. The van der Waals surface area contributed by atoms with E-state index >= 15 is 0 Å². The maximum absolute atomic E-state index is 13.1. The maximum Gasteiger partial charge on any atom is 0.490 e. The molecule has 20 heavy (non-hydrogen) atoms. The predicted octanol–water partition coefficient (Wildman–Crippen LogP) is 1.27. The van der Waals surface area contributed by atoms with Crippen molar-refractivity contribution in [3.05, 3.63) is 46.0 Å². The fourth-order valence-corrected chi connectivity index (χ4v) is 1.51. The van der Waals surface area contributed by atoms with E-state index < -0.39 is 22.6 Å². The number of rotatable bonds is 4. The molecule has 0 aliphatic rings. The molecule has 0 fully saturated rings. The van der Waals surface area contributed by atoms with Crippen molar-refractivity contribution < 1.29 is 14.1 Å². The maximum atomic E-state index is 13.1. The molecule has 9 heteroatoms. The molecule has 0 spiro atoms. The zero-order valence-electron chi connectivity index (χ0n) is 10.4. The monoisotopic (exact) mass is 279 g/mol. The molecule has 0 atom stereocenters. The summed E-state index contributed by atoms with van der Waals surface area (Å²) >= 11 is 0. The second kappa shape index (κ2) is 5.43. The first kappa shape index (κ1) is 13.6. The van der Waals surface area contributed by atoms with E-state index in [1.54, 1.807) is 6.92 Å². The summed E-state index contributed by atoms with van der Waals surface area (Å²) in [5, 5.41) is 16.4. The third-order valence-corrected chi connectivity index (χ3v) is 2.47. The molecule has 0 unspecified atom stereocenters. The topological polar surface area (TPSA) is 103 Å². The van der Waals surface area contributed by atoms with Crippen molar-refractivity contribution in [1.82, 2.24) is 14.8 Å². The summed E-state index contributed by atoms with van der Waals surface area (Å²) in [6, 6.07) is 4.01. The van der Waals surface area contributed by atoms with Gasteiger partial charge in [-0.3, -0.25) is 4.79 Å². The zero-order valence-corrected chi connectivity index (χ0v) is 10.4. The quantitative estimate of drug-likeness (QED) is 0.670. The van der Waals surface area contributed by atoms with Crippen LogP contribution < -0.4 is 5.32 Å². The number of carbonyl (C=O) groups excluding carboxylic acids is 1. The van der Waals surface area contributed by atoms with Crippen LogP contribution in [0.2, 0.25) is 0 Å². The molecule has 1 aromatic carbocycles. The van der Waals surface area contributed by atoms with Gasteiger partial charge in [-0.05, 0) is 29.5 Å². The van der Waals surface area contributed by atoms with Crippen LogP contribution in [0, 0.1) is 22.9 Å². The number of amides is 1. The molecule has 0 aliphatic carbocycles. The van der Waals surface area contributed by atoms with Crippen molar-refractivity contribution in [2.45, 2.75) is 13.5 Å². The highest BCUT2D eigenvalue weighted by atomic mass is 19.1. The lowest BCUT2D eigenvalue weighted by Gasteiger charge is -2.07. The number of carbonyl (C=O) groups is 1. The number of aromatic nitrogens is 3. The largest absolute Gasteiger partial charge is 0.490 e. The summed E-state index contributed by atoms with van der Waals surface area (Å²) in [4.78, 5) is 24.8. The van der Waals surface area contributed by atoms with Gasteiger partial charge in [-0.15, -0.1) is 0 Å². The van der Waals surface area contributed by atoms with Gasteiger partial charge in [-0.1, -0.05) is 11.1 Å². The van der Waals surface area contributed by atoms with Crippen molar-refractivity contribution in [1.29, 1.82) is 0 Å². The highest BCUT2D eigenvalue weighted by Crippen LogP contribution is 2.15. The van der Waals surface area contributed by atoms with Gasteiger partial charge in [-0.2, -0.15) is 4.68 Å². The fourth-order valence-electron chi connectivity index (χ4n) is 1.51. The number of nitro groups is 1. The Labute approximate surface area is 112 Å². The van der Waals surface area contributed by atoms with Crippen LogP contribution in [0.1, 0.15) is 5.56 Å². The molecular weight excluding hydrogens is 269 g/mol. The number of halogens is 1. The lowest BCUT2D eigenvalue weighted by Crippen LogP contribution is -2.19. The number of nitrogens with one attached hydrogen (secondary N) is 1. The molecule has 1 heterocycles. The average Bonchev–Trinajstić information content (AvgIpc) is 2.82. The van der Waals surface area contributed by atoms with E-state index in [1.165, 1.54) is 18.2 Å². The highest BCUT2D eigenvalue weighted by Gasteiger charge is 2.15. The molecule has 1 N–H and O–H groups in total. The van der Waals surface area contributed by atoms with Crippen LogP contribution >= 0.6 is 0 Å². The van der Waals surface area contributed by atoms with Gasteiger partial charge in [-0.25, -0.2) is 4.39 Å². The van der Waals surface area contributed by atoms with Crippen molar-refractivity contribution in [2.24, 2.45) is 0 Å². The molecule has 0 saturated heterocycles. The zero-order chi connectivity index (χ0) is 14.7. The number of nitrogens with zero attached hydrogens (tertiary/aromatic N) is 4. The summed E-state index contributed by atoms with van der Waals surface area (Å²) in [6.45, 7) is 1.46. The second-order valence-electron chi connectivity index (χ2n) is 4.01. The average molecular weight is 279 g/mol. The van der Waals surface area contributed by atoms with Gasteiger partial charge in [0.2, 0.25) is 12.2 Å². The Morgan fingerprint density at radius 2 is 2.30 bits per heavy atom. The van der Waals surface area contributed by atoms with Crippen LogP contribution in [0.3, 0.4) is 0 Å². The van der Waals surface area contributed by atoms with E-state index in [4.69, 9.17) is 0 Å². The van der Waals surface area contributed by atoms with Crippen LogP contribution in [0.4, 0.5) is 16.0 Å². The fraction of sp³-hybridized carbons (Fsp3) is 0.182. The van der Waals surface area contributed by atoms with Gasteiger partial charge in [0.05, 0.1) is 0 Å². The normalized spacial score (nSPS) is 10.3. The SMILES string of the molecule is Cc1ccc(F)cc1NC(=O)Cn1cnc([N+](=O)[O-])n1. The van der Waals surface area contributed by atoms with E-state index in [9.17, 15) is 19.3 Å². The first-order chi connectivity index (χ1) is 9.45. The number of anilines is 1. The van der Waals surface area contributed by atoms with Crippen molar-refractivity contribution in [3.63, 3.8) is 0 Å². The minimum Gasteiger partial charge on any atom is -0.390 e. The van der Waals surface area contributed by atoms with Crippen molar-refractivity contribution in [2.75, 3.05) is 5.32 Å². The summed E-state index contributed by atoms with van der Waals surface area (Å²) in [5.41, 5.74) is 1.04. The molecule has 0 bridgehead atoms. The van der Waals surface area contributed by atoms with Crippen molar-refractivity contribution >= 4 is 17.5 Å². The molecular formula is C11H10FN5O3. The Balaban J connectivity index is 2.05. The molecule has 2 aromatic rings. The third kappa shape index (κ3) is 3.13. The standard InChI is InChI=1S/C11H10FN5O3/c1-7-2-3-8(12)4-9(7)14-10(18)5-16-6-13-11(15-16)17(19)20/h2-4,6H,5H2,1H3,(H,14,18). The minimum absolute atomic E-state index is 0.253. The molecule has 0 aliphatic heterocycles. The summed E-state index contributed by atoms with van der Waals surface area (Å²) in [7, 11) is 0. The second-order valence-corrected chi connectivity index (χ2v) is 4.01. The van der Waals surface area contributed by atoms with E-state index in [-0.39, 0.29) is 6.54 Å². The highest BCUT2D eigenvalue weighted by molar-refractivity contribution is 5.91. The number of benzene rings is 1. The van der Waals surface area contributed by atoms with Gasteiger partial charge in [0.1, 0.15) is 12.4 Å². The Morgan fingerprint density at radius 1 is 1.55 bits per heavy atom. The molecule has 1 aromatic heterocycles. The van der Waals surface area contributed by atoms with Gasteiger partial charge in [0, 0.05) is 10.8 Å². The van der Waals surface area contributed by atoms with Gasteiger partial charge < -0.3 is 15.4 Å². The molecule has 0 saturated carbocycles. The van der Waals surface area contributed by atoms with Crippen LogP contribution in [-0.2, 0) is 11.3 Å². The summed E-state index contributed by atoms with van der Waals surface area (Å²) in [5.74, 6) is -1.54. The molecule has 1 amide bonds. The van der Waals surface area contributed by atoms with Crippen LogP contribution in [0.15, 0.2) is 24.5 Å². The number of aryl methyl sites for hydroxylation is 1. The van der Waals surface area contributed by atoms with Gasteiger partial charge >= 0.3 is 5.95 Å². The lowest BCUT2D eigenvalue weighted by molar-refractivity contribution is -0.394. The van der Waals surface area contributed by atoms with Crippen LogP contribution in [0.5, 0.6) is 0 Å². The first-order valence-electron chi connectivity index (χ1n) is 5.55. The predicted molar refractivity (Wildman–Crippen MR) is 66.4 cm³/mol. The Kier molecular flexibility index (Phi) is 3.69. The van der Waals surface area contributed by atoms with Crippen LogP contribution in [-0.4, -0.2) is 25.6 Å².